The third-order valence-corrected chi connectivity index (χ3v) is 8.34. The number of nitrogens with zero attached hydrogens (tertiary/aromatic N) is 3. The Balaban J connectivity index is 1.39. The monoisotopic (exact) mass is 601 g/mol. The zero-order valence-electron chi connectivity index (χ0n) is 23.7. The average molecular weight is 602 g/mol. The molecule has 43 heavy (non-hydrogen) atoms. The zero-order chi connectivity index (χ0) is 30.6. The van der Waals surface area contributed by atoms with Crippen molar-refractivity contribution in [3.63, 3.8) is 0 Å². The zero-order valence-corrected chi connectivity index (χ0v) is 23.7. The Hall–Kier alpha value is -4.16. The third kappa shape index (κ3) is 6.75. The van der Waals surface area contributed by atoms with Gasteiger partial charge in [-0.3, -0.25) is 9.59 Å². The summed E-state index contributed by atoms with van der Waals surface area (Å²) in [5, 5.41) is 9.26. The molecule has 1 aliphatic carbocycles. The van der Waals surface area contributed by atoms with E-state index < -0.39 is 48.1 Å². The number of benzene rings is 1. The predicted molar refractivity (Wildman–Crippen MR) is 147 cm³/mol. The highest BCUT2D eigenvalue weighted by molar-refractivity contribution is 6.04. The fraction of sp³-hybridized carbons (Fsp3) is 0.500. The first-order chi connectivity index (χ1) is 20.6. The topological polar surface area (TPSA) is 124 Å². The van der Waals surface area contributed by atoms with Gasteiger partial charge >= 0.3 is 18.2 Å². The number of esters is 1. The minimum Gasteiger partial charge on any atom is -0.468 e. The number of rotatable bonds is 8. The normalized spacial score (nSPS) is 22.0. The van der Waals surface area contributed by atoms with Crippen LogP contribution in [0.15, 0.2) is 48.8 Å². The largest absolute Gasteiger partial charge is 0.468 e. The fourth-order valence-electron chi connectivity index (χ4n) is 6.08. The number of alkyl halides is 3. The number of nitrogens with one attached hydrogen (secondary N) is 2. The Kier molecular flexibility index (Phi) is 8.88. The number of carbonyl (C=O) groups is 3. The number of hydrogen-bond donors (Lipinski definition) is 2. The summed E-state index contributed by atoms with van der Waals surface area (Å²) in [7, 11) is 1.03. The van der Waals surface area contributed by atoms with Crippen LogP contribution in [0.1, 0.15) is 67.8 Å². The van der Waals surface area contributed by atoms with Crippen molar-refractivity contribution in [3.8, 4) is 0 Å². The van der Waals surface area contributed by atoms with Crippen molar-refractivity contribution in [3.05, 3.63) is 65.6 Å². The van der Waals surface area contributed by atoms with Gasteiger partial charge in [-0.2, -0.15) is 18.3 Å². The van der Waals surface area contributed by atoms with Crippen LogP contribution in [0.2, 0.25) is 0 Å². The summed E-state index contributed by atoms with van der Waals surface area (Å²) in [6.45, 7) is 0.116. The van der Waals surface area contributed by atoms with Gasteiger partial charge in [0.1, 0.15) is 12.6 Å². The van der Waals surface area contributed by atoms with E-state index in [4.69, 9.17) is 14.5 Å². The molecule has 2 N–H and O–H groups in total. The van der Waals surface area contributed by atoms with Gasteiger partial charge in [0.25, 0.3) is 0 Å². The van der Waals surface area contributed by atoms with Crippen molar-refractivity contribution >= 4 is 23.6 Å². The lowest BCUT2D eigenvalue weighted by molar-refractivity contribution is -0.159. The molecule has 3 heterocycles. The van der Waals surface area contributed by atoms with E-state index in [1.54, 1.807) is 12.3 Å². The number of alkyl carbamates (subject to hydrolysis) is 1. The van der Waals surface area contributed by atoms with E-state index in [-0.39, 0.29) is 18.9 Å². The molecule has 1 saturated carbocycles. The van der Waals surface area contributed by atoms with Crippen LogP contribution < -0.4 is 10.6 Å². The maximum absolute atomic E-state index is 13.4. The van der Waals surface area contributed by atoms with Crippen LogP contribution in [0.25, 0.3) is 5.65 Å². The number of fused-ring (bicyclic) bond motifs is 1. The fourth-order valence-corrected chi connectivity index (χ4v) is 6.08. The molecule has 3 atom stereocenters. The number of carbonyl (C=O) groups excluding carboxylic acids is 3. The molecular weight excluding hydrogens is 567 g/mol. The molecular formula is C30H34F3N5O5. The highest BCUT2D eigenvalue weighted by atomic mass is 19.4. The summed E-state index contributed by atoms with van der Waals surface area (Å²) in [6, 6.07) is 8.29. The van der Waals surface area contributed by atoms with Gasteiger partial charge in [-0.05, 0) is 42.4 Å². The van der Waals surface area contributed by atoms with Crippen molar-refractivity contribution in [2.24, 2.45) is 11.3 Å². The quantitative estimate of drug-likeness (QED) is 0.216. The number of amides is 2. The molecule has 0 radical (unpaired) electrons. The molecule has 1 aromatic carbocycles. The third-order valence-electron chi connectivity index (χ3n) is 8.34. The first kappa shape index (κ1) is 30.3. The summed E-state index contributed by atoms with van der Waals surface area (Å²) >= 11 is 0. The van der Waals surface area contributed by atoms with Crippen molar-refractivity contribution in [2.45, 2.75) is 76.2 Å². The van der Waals surface area contributed by atoms with Crippen molar-refractivity contribution in [2.75, 3.05) is 7.11 Å². The van der Waals surface area contributed by atoms with Crippen molar-refractivity contribution in [1.82, 2.24) is 25.2 Å². The Morgan fingerprint density at radius 1 is 1.14 bits per heavy atom. The molecule has 2 aromatic heterocycles. The maximum atomic E-state index is 13.4. The lowest BCUT2D eigenvalue weighted by atomic mass is 9.79. The second-order valence-electron chi connectivity index (χ2n) is 11.3. The molecule has 2 fully saturated rings. The number of aromatic nitrogens is 3. The Morgan fingerprint density at radius 3 is 2.51 bits per heavy atom. The van der Waals surface area contributed by atoms with Crippen LogP contribution in [-0.2, 0) is 32.1 Å². The lowest BCUT2D eigenvalue weighted by Crippen LogP contribution is -2.42. The average Bonchev–Trinajstić information content (AvgIpc) is 3.44. The molecule has 1 aliphatic heterocycles. The summed E-state index contributed by atoms with van der Waals surface area (Å²) in [6.07, 6.45) is 2.73. The van der Waals surface area contributed by atoms with Gasteiger partial charge in [-0.1, -0.05) is 56.0 Å². The van der Waals surface area contributed by atoms with E-state index in [0.29, 0.717) is 16.9 Å². The number of ether oxygens (including phenoxy) is 2. The molecule has 3 aromatic rings. The SMILES string of the molecule is COC(=O)C1(Cc2cnn3cc([C@@H](NC(=O)OCc4ccccc4)C4CCCCCC4)nc3c2)C[C@@H](C(F)(F)F)NC1=O. The van der Waals surface area contributed by atoms with Gasteiger partial charge in [0.05, 0.1) is 31.2 Å². The van der Waals surface area contributed by atoms with Gasteiger partial charge in [0.15, 0.2) is 11.1 Å². The molecule has 0 spiro atoms. The van der Waals surface area contributed by atoms with E-state index in [1.165, 1.54) is 10.7 Å². The van der Waals surface area contributed by atoms with Crippen LogP contribution >= 0.6 is 0 Å². The molecule has 13 heteroatoms. The van der Waals surface area contributed by atoms with Crippen LogP contribution in [0, 0.1) is 11.3 Å². The second-order valence-corrected chi connectivity index (χ2v) is 11.3. The van der Waals surface area contributed by atoms with Crippen LogP contribution in [-0.4, -0.2) is 51.9 Å². The maximum Gasteiger partial charge on any atom is 0.408 e. The smallest absolute Gasteiger partial charge is 0.408 e. The number of methoxy groups -OCH3 is 1. The Morgan fingerprint density at radius 2 is 1.86 bits per heavy atom. The van der Waals surface area contributed by atoms with E-state index in [1.807, 2.05) is 35.6 Å². The van der Waals surface area contributed by atoms with E-state index in [0.717, 1.165) is 51.2 Å². The van der Waals surface area contributed by atoms with Crippen LogP contribution in [0.3, 0.4) is 0 Å². The standard InChI is InChI=1S/C30H34F3N5O5/c1-42-27(40)29(15-23(30(31,32)33)36-26(29)39)14-20-13-24-35-22(17-38(24)34-16-20)25(21-11-7-2-3-8-12-21)37-28(41)43-18-19-9-5-4-6-10-19/h4-6,9-10,13,16-17,21,23,25H,2-3,7-8,11-12,14-15,18H2,1H3,(H,36,39)(H,37,41)/t23-,25-,29?/m0/s1. The van der Waals surface area contributed by atoms with Gasteiger partial charge in [0.2, 0.25) is 5.91 Å². The number of imidazole rings is 1. The number of halogens is 3. The predicted octanol–water partition coefficient (Wildman–Crippen LogP) is 4.82. The van der Waals surface area contributed by atoms with E-state index in [9.17, 15) is 27.6 Å². The highest BCUT2D eigenvalue weighted by Crippen LogP contribution is 2.41. The minimum atomic E-state index is -4.71. The molecule has 1 saturated heterocycles. The second kappa shape index (κ2) is 12.6. The Bertz CT molecular complexity index is 1460. The van der Waals surface area contributed by atoms with Gasteiger partial charge in [-0.15, -0.1) is 0 Å². The first-order valence-corrected chi connectivity index (χ1v) is 14.4. The minimum absolute atomic E-state index is 0.111. The summed E-state index contributed by atoms with van der Waals surface area (Å²) in [5.41, 5.74) is 0.0600. The molecule has 2 aliphatic rings. The van der Waals surface area contributed by atoms with Gasteiger partial charge < -0.3 is 20.1 Å². The molecule has 2 amide bonds. The lowest BCUT2D eigenvalue weighted by Gasteiger charge is -2.25. The van der Waals surface area contributed by atoms with Crippen molar-refractivity contribution < 1.29 is 37.0 Å². The van der Waals surface area contributed by atoms with Gasteiger partial charge in [0, 0.05) is 6.42 Å². The van der Waals surface area contributed by atoms with E-state index in [2.05, 4.69) is 10.4 Å². The summed E-state index contributed by atoms with van der Waals surface area (Å²) in [5.74, 6) is -1.98. The Labute approximate surface area is 246 Å². The molecule has 1 unspecified atom stereocenters. The molecule has 5 rings (SSSR count). The summed E-state index contributed by atoms with van der Waals surface area (Å²) < 4.78 is 52.1. The van der Waals surface area contributed by atoms with E-state index >= 15 is 0 Å². The molecule has 230 valence electrons. The van der Waals surface area contributed by atoms with Crippen LogP contribution in [0.5, 0.6) is 0 Å². The van der Waals surface area contributed by atoms with Crippen molar-refractivity contribution in [1.29, 1.82) is 0 Å². The molecule has 0 bridgehead atoms. The molecule has 10 nitrogen and oxygen atoms in total. The van der Waals surface area contributed by atoms with Crippen LogP contribution in [0.4, 0.5) is 18.0 Å². The number of hydrogen-bond acceptors (Lipinski definition) is 7. The highest BCUT2D eigenvalue weighted by Gasteiger charge is 2.60. The first-order valence-electron chi connectivity index (χ1n) is 14.4. The summed E-state index contributed by atoms with van der Waals surface area (Å²) in [4.78, 5) is 43.1. The van der Waals surface area contributed by atoms with Gasteiger partial charge in [-0.25, -0.2) is 14.3 Å².